The second-order valence-electron chi connectivity index (χ2n) is 6.44. The topological polar surface area (TPSA) is 84.7 Å². The molecule has 5 rings (SSSR count). The Bertz CT molecular complexity index is 1380. The molecule has 3 aromatic heterocycles. The predicted molar refractivity (Wildman–Crippen MR) is 112 cm³/mol. The maximum absolute atomic E-state index is 13.1. The van der Waals surface area contributed by atoms with Gasteiger partial charge in [0.15, 0.2) is 0 Å². The lowest BCUT2D eigenvalue weighted by molar-refractivity contribution is 0.584. The van der Waals surface area contributed by atoms with Gasteiger partial charge in [0, 0.05) is 28.5 Å². The molecular formula is C22H13ClN4O2. The first-order valence-corrected chi connectivity index (χ1v) is 9.23. The van der Waals surface area contributed by atoms with E-state index < -0.39 is 0 Å². The average Bonchev–Trinajstić information content (AvgIpc) is 3.25. The smallest absolute Gasteiger partial charge is 0.253 e. The van der Waals surface area contributed by atoms with Crippen molar-refractivity contribution in [2.75, 3.05) is 0 Å². The van der Waals surface area contributed by atoms with Crippen LogP contribution in [0.5, 0.6) is 0 Å². The molecular weight excluding hydrogens is 388 g/mol. The summed E-state index contributed by atoms with van der Waals surface area (Å²) < 4.78 is 5.73. The van der Waals surface area contributed by atoms with Crippen LogP contribution in [-0.2, 0) is 0 Å². The number of aromatic amines is 1. The summed E-state index contributed by atoms with van der Waals surface area (Å²) in [6.45, 7) is 0. The first kappa shape index (κ1) is 17.3. The summed E-state index contributed by atoms with van der Waals surface area (Å²) in [6.07, 6.45) is 3.28. The molecule has 0 amide bonds. The van der Waals surface area contributed by atoms with Gasteiger partial charge in [0.2, 0.25) is 11.3 Å². The number of aromatic nitrogens is 4. The summed E-state index contributed by atoms with van der Waals surface area (Å²) in [6, 6.07) is 18.6. The number of H-pyrrole nitrogens is 1. The second-order valence-corrected chi connectivity index (χ2v) is 6.87. The predicted octanol–water partition coefficient (Wildman–Crippen LogP) is 4.96. The van der Waals surface area contributed by atoms with E-state index in [2.05, 4.69) is 20.2 Å². The molecule has 3 heterocycles. The van der Waals surface area contributed by atoms with Crippen molar-refractivity contribution in [2.45, 2.75) is 0 Å². The number of hydrogen-bond acceptors (Lipinski definition) is 5. The minimum absolute atomic E-state index is 0.142. The SMILES string of the molecule is O=c1c(-c2nnc(-c3ccc(Cl)cc3)o2)c[nH]c2ncc(-c3ccccc3)cc12. The van der Waals surface area contributed by atoms with Gasteiger partial charge in [-0.2, -0.15) is 0 Å². The monoisotopic (exact) mass is 400 g/mol. The van der Waals surface area contributed by atoms with Crippen LogP contribution in [0.1, 0.15) is 0 Å². The van der Waals surface area contributed by atoms with Crippen LogP contribution >= 0.6 is 11.6 Å². The van der Waals surface area contributed by atoms with Gasteiger partial charge in [-0.25, -0.2) is 4.98 Å². The molecule has 1 N–H and O–H groups in total. The number of fused-ring (bicyclic) bond motifs is 1. The Kier molecular flexibility index (Phi) is 4.18. The van der Waals surface area contributed by atoms with E-state index >= 15 is 0 Å². The zero-order valence-electron chi connectivity index (χ0n) is 15.0. The summed E-state index contributed by atoms with van der Waals surface area (Å²) in [5.74, 6) is 0.454. The van der Waals surface area contributed by atoms with E-state index in [9.17, 15) is 4.79 Å². The maximum atomic E-state index is 13.1. The normalized spacial score (nSPS) is 11.1. The number of rotatable bonds is 3. The van der Waals surface area contributed by atoms with Crippen molar-refractivity contribution >= 4 is 22.6 Å². The van der Waals surface area contributed by atoms with Crippen molar-refractivity contribution in [1.82, 2.24) is 20.2 Å². The standard InChI is InChI=1S/C22H13ClN4O2/c23-16-8-6-14(7-9-16)21-26-27-22(29-21)18-12-25-20-17(19(18)28)10-15(11-24-20)13-4-2-1-3-5-13/h1-12H,(H,24,25,28). The first-order valence-electron chi connectivity index (χ1n) is 8.86. The zero-order valence-corrected chi connectivity index (χ0v) is 15.7. The van der Waals surface area contributed by atoms with Gasteiger partial charge in [0.1, 0.15) is 11.2 Å². The van der Waals surface area contributed by atoms with E-state index in [1.807, 2.05) is 36.4 Å². The molecule has 0 fully saturated rings. The first-order chi connectivity index (χ1) is 14.2. The van der Waals surface area contributed by atoms with Crippen LogP contribution < -0.4 is 5.43 Å². The van der Waals surface area contributed by atoms with E-state index in [1.54, 1.807) is 36.7 Å². The van der Waals surface area contributed by atoms with E-state index in [-0.39, 0.29) is 16.9 Å². The molecule has 7 heteroatoms. The Labute approximate surface area is 169 Å². The maximum Gasteiger partial charge on any atom is 0.253 e. The number of pyridine rings is 2. The van der Waals surface area contributed by atoms with Crippen LogP contribution in [0, 0.1) is 0 Å². The summed E-state index contributed by atoms with van der Waals surface area (Å²) in [5, 5.41) is 9.16. The van der Waals surface area contributed by atoms with Gasteiger partial charge < -0.3 is 9.40 Å². The highest BCUT2D eigenvalue weighted by molar-refractivity contribution is 6.30. The van der Waals surface area contributed by atoms with Gasteiger partial charge in [0.25, 0.3) is 5.89 Å². The zero-order chi connectivity index (χ0) is 19.8. The molecule has 0 radical (unpaired) electrons. The van der Waals surface area contributed by atoms with Gasteiger partial charge in [-0.1, -0.05) is 41.9 Å². The number of hydrogen-bond donors (Lipinski definition) is 1. The minimum atomic E-state index is -0.227. The van der Waals surface area contributed by atoms with Crippen molar-refractivity contribution < 1.29 is 4.42 Å². The van der Waals surface area contributed by atoms with E-state index in [4.69, 9.17) is 16.0 Å². The number of benzene rings is 2. The molecule has 0 bridgehead atoms. The van der Waals surface area contributed by atoms with E-state index in [0.717, 1.165) is 16.7 Å². The molecule has 0 saturated carbocycles. The summed E-state index contributed by atoms with van der Waals surface area (Å²) in [5.41, 5.74) is 3.12. The average molecular weight is 401 g/mol. The fourth-order valence-electron chi connectivity index (χ4n) is 3.09. The highest BCUT2D eigenvalue weighted by Crippen LogP contribution is 2.25. The van der Waals surface area contributed by atoms with Crippen molar-refractivity contribution in [3.05, 3.63) is 88.3 Å². The summed E-state index contributed by atoms with van der Waals surface area (Å²) in [4.78, 5) is 20.5. The Balaban J connectivity index is 1.60. The molecule has 6 nitrogen and oxygen atoms in total. The molecule has 29 heavy (non-hydrogen) atoms. The minimum Gasteiger partial charge on any atom is -0.416 e. The van der Waals surface area contributed by atoms with Crippen LogP contribution in [0.25, 0.3) is 45.1 Å². The highest BCUT2D eigenvalue weighted by Gasteiger charge is 2.16. The van der Waals surface area contributed by atoms with E-state index in [0.29, 0.717) is 21.9 Å². The largest absolute Gasteiger partial charge is 0.416 e. The molecule has 0 unspecified atom stereocenters. The number of halogens is 1. The Morgan fingerprint density at radius 3 is 2.41 bits per heavy atom. The molecule has 0 saturated heterocycles. The number of nitrogens with zero attached hydrogens (tertiary/aromatic N) is 3. The van der Waals surface area contributed by atoms with Crippen molar-refractivity contribution in [2.24, 2.45) is 0 Å². The summed E-state index contributed by atoms with van der Waals surface area (Å²) in [7, 11) is 0. The fourth-order valence-corrected chi connectivity index (χ4v) is 3.22. The molecule has 0 aliphatic carbocycles. The van der Waals surface area contributed by atoms with Crippen LogP contribution in [-0.4, -0.2) is 20.2 Å². The Morgan fingerprint density at radius 2 is 1.62 bits per heavy atom. The molecule has 5 aromatic rings. The van der Waals surface area contributed by atoms with Crippen molar-refractivity contribution in [1.29, 1.82) is 0 Å². The van der Waals surface area contributed by atoms with Crippen LogP contribution in [0.15, 0.2) is 82.3 Å². The lowest BCUT2D eigenvalue weighted by Crippen LogP contribution is -2.07. The Morgan fingerprint density at radius 1 is 0.862 bits per heavy atom. The highest BCUT2D eigenvalue weighted by atomic mass is 35.5. The van der Waals surface area contributed by atoms with Crippen molar-refractivity contribution in [3.63, 3.8) is 0 Å². The van der Waals surface area contributed by atoms with Gasteiger partial charge in [-0.05, 0) is 35.9 Å². The molecule has 0 aliphatic heterocycles. The quantitative estimate of drug-likeness (QED) is 0.462. The number of nitrogens with one attached hydrogen (secondary N) is 1. The van der Waals surface area contributed by atoms with Gasteiger partial charge >= 0.3 is 0 Å². The van der Waals surface area contributed by atoms with Gasteiger partial charge in [-0.3, -0.25) is 4.79 Å². The van der Waals surface area contributed by atoms with Crippen LogP contribution in [0.4, 0.5) is 0 Å². The van der Waals surface area contributed by atoms with Gasteiger partial charge in [0.05, 0.1) is 5.39 Å². The molecule has 0 atom stereocenters. The van der Waals surface area contributed by atoms with Crippen LogP contribution in [0.3, 0.4) is 0 Å². The molecule has 140 valence electrons. The summed E-state index contributed by atoms with van der Waals surface area (Å²) >= 11 is 5.92. The third-order valence-corrected chi connectivity index (χ3v) is 4.84. The third kappa shape index (κ3) is 3.19. The lowest BCUT2D eigenvalue weighted by atomic mass is 10.1. The molecule has 0 spiro atoms. The third-order valence-electron chi connectivity index (χ3n) is 4.58. The fraction of sp³-hybridized carbons (Fsp3) is 0. The van der Waals surface area contributed by atoms with Crippen molar-refractivity contribution in [3.8, 4) is 34.0 Å². The molecule has 2 aromatic carbocycles. The van der Waals surface area contributed by atoms with Gasteiger partial charge in [-0.15, -0.1) is 10.2 Å². The van der Waals surface area contributed by atoms with Crippen LogP contribution in [0.2, 0.25) is 5.02 Å². The lowest BCUT2D eigenvalue weighted by Gasteiger charge is -2.04. The second kappa shape index (κ2) is 7.00. The Hall–Kier alpha value is -3.77. The molecule has 0 aliphatic rings. The van der Waals surface area contributed by atoms with E-state index in [1.165, 1.54) is 0 Å².